The number of benzene rings is 2. The number of rotatable bonds is 7. The third-order valence-electron chi connectivity index (χ3n) is 4.16. The summed E-state index contributed by atoms with van der Waals surface area (Å²) in [6.45, 7) is 5.05. The summed E-state index contributed by atoms with van der Waals surface area (Å²) in [6.07, 6.45) is 3.14. The van der Waals surface area contributed by atoms with Gasteiger partial charge in [0.1, 0.15) is 23.2 Å². The van der Waals surface area contributed by atoms with Gasteiger partial charge in [-0.3, -0.25) is 4.79 Å². The molecule has 5 heteroatoms. The Morgan fingerprint density at radius 1 is 1.18 bits per heavy atom. The van der Waals surface area contributed by atoms with E-state index < -0.39 is 5.91 Å². The van der Waals surface area contributed by atoms with Crippen molar-refractivity contribution in [1.29, 1.82) is 5.26 Å². The smallest absolute Gasteiger partial charge is 0.262 e. The average molecular weight is 374 g/mol. The number of ether oxygens (including phenoxy) is 1. The van der Waals surface area contributed by atoms with Crippen LogP contribution < -0.4 is 10.1 Å². The summed E-state index contributed by atoms with van der Waals surface area (Å²) < 4.78 is 11.1. The Morgan fingerprint density at radius 3 is 2.64 bits per heavy atom. The van der Waals surface area contributed by atoms with Crippen molar-refractivity contribution in [3.8, 4) is 11.8 Å². The molecule has 0 saturated heterocycles. The highest BCUT2D eigenvalue weighted by Crippen LogP contribution is 2.30. The molecule has 28 heavy (non-hydrogen) atoms. The van der Waals surface area contributed by atoms with Crippen LogP contribution in [0.1, 0.15) is 25.2 Å². The highest BCUT2D eigenvalue weighted by atomic mass is 16.5. The number of carbonyl (C=O) groups excluding carboxylic acids is 1. The lowest BCUT2D eigenvalue weighted by atomic mass is 10.0. The predicted octanol–water partition coefficient (Wildman–Crippen LogP) is 4.69. The van der Waals surface area contributed by atoms with Crippen LogP contribution in [0, 0.1) is 17.2 Å². The fourth-order valence-corrected chi connectivity index (χ4v) is 2.78. The molecule has 0 unspecified atom stereocenters. The van der Waals surface area contributed by atoms with E-state index in [9.17, 15) is 10.1 Å². The molecule has 1 amide bonds. The number of furan rings is 1. The zero-order chi connectivity index (χ0) is 19.9. The van der Waals surface area contributed by atoms with Crippen LogP contribution >= 0.6 is 0 Å². The second-order valence-corrected chi connectivity index (χ2v) is 6.84. The molecule has 0 bridgehead atoms. The summed E-state index contributed by atoms with van der Waals surface area (Å²) in [7, 11) is 0. The number of hydrogen-bond acceptors (Lipinski definition) is 4. The molecular formula is C23H22N2O3. The Morgan fingerprint density at radius 2 is 1.96 bits per heavy atom. The molecule has 0 atom stereocenters. The quantitative estimate of drug-likeness (QED) is 0.481. The monoisotopic (exact) mass is 374 g/mol. The van der Waals surface area contributed by atoms with Crippen molar-refractivity contribution in [3.63, 3.8) is 0 Å². The van der Waals surface area contributed by atoms with Gasteiger partial charge in [0.15, 0.2) is 0 Å². The van der Waals surface area contributed by atoms with Crippen molar-refractivity contribution in [2.75, 3.05) is 6.61 Å². The van der Waals surface area contributed by atoms with Gasteiger partial charge in [-0.25, -0.2) is 0 Å². The van der Waals surface area contributed by atoms with Gasteiger partial charge in [-0.05, 0) is 41.1 Å². The second-order valence-electron chi connectivity index (χ2n) is 6.84. The van der Waals surface area contributed by atoms with Gasteiger partial charge in [0.2, 0.25) is 0 Å². The topological polar surface area (TPSA) is 75.3 Å². The standard InChI is InChI=1S/C23H22N2O3/c1-16(2)15-28-22-10-9-17(20-7-3-4-8-21(20)22)12-18(13-24)23(26)25-14-19-6-5-11-27-19/h3-12,16H,14-15H2,1-2H3,(H,25,26)/b18-12+. The van der Waals surface area contributed by atoms with Crippen LogP contribution in [-0.4, -0.2) is 12.5 Å². The molecule has 0 aliphatic heterocycles. The van der Waals surface area contributed by atoms with Crippen molar-refractivity contribution in [2.45, 2.75) is 20.4 Å². The SMILES string of the molecule is CC(C)COc1ccc(/C=C(\C#N)C(=O)NCc2ccco2)c2ccccc12. The van der Waals surface area contributed by atoms with Crippen LogP contribution in [0.15, 0.2) is 64.8 Å². The van der Waals surface area contributed by atoms with Crippen molar-refractivity contribution in [1.82, 2.24) is 5.32 Å². The van der Waals surface area contributed by atoms with Crippen LogP contribution in [0.2, 0.25) is 0 Å². The van der Waals surface area contributed by atoms with Crippen LogP contribution in [0.3, 0.4) is 0 Å². The summed E-state index contributed by atoms with van der Waals surface area (Å²) >= 11 is 0. The van der Waals surface area contributed by atoms with Crippen LogP contribution in [-0.2, 0) is 11.3 Å². The van der Waals surface area contributed by atoms with Gasteiger partial charge in [0.25, 0.3) is 5.91 Å². The van der Waals surface area contributed by atoms with E-state index in [0.29, 0.717) is 18.3 Å². The Kier molecular flexibility index (Phi) is 6.13. The number of nitriles is 1. The van der Waals surface area contributed by atoms with Gasteiger partial charge in [-0.2, -0.15) is 5.26 Å². The minimum Gasteiger partial charge on any atom is -0.493 e. The van der Waals surface area contributed by atoms with E-state index in [1.54, 1.807) is 18.2 Å². The minimum atomic E-state index is -0.442. The Hall–Kier alpha value is -3.52. The fourth-order valence-electron chi connectivity index (χ4n) is 2.78. The second kappa shape index (κ2) is 8.92. The number of amides is 1. The third kappa shape index (κ3) is 4.60. The van der Waals surface area contributed by atoms with Crippen molar-refractivity contribution in [2.24, 2.45) is 5.92 Å². The summed E-state index contributed by atoms with van der Waals surface area (Å²) in [5, 5.41) is 14.0. The van der Waals surface area contributed by atoms with Crippen LogP contribution in [0.5, 0.6) is 5.75 Å². The van der Waals surface area contributed by atoms with Crippen LogP contribution in [0.4, 0.5) is 0 Å². The highest BCUT2D eigenvalue weighted by Gasteiger charge is 2.12. The molecule has 0 spiro atoms. The number of fused-ring (bicyclic) bond motifs is 1. The molecule has 0 saturated carbocycles. The summed E-state index contributed by atoms with van der Waals surface area (Å²) in [5.74, 6) is 1.40. The summed E-state index contributed by atoms with van der Waals surface area (Å²) in [6, 6.07) is 17.1. The van der Waals surface area contributed by atoms with Crippen molar-refractivity contribution in [3.05, 3.63) is 71.7 Å². The van der Waals surface area contributed by atoms with Crippen molar-refractivity contribution >= 4 is 22.8 Å². The number of hydrogen-bond donors (Lipinski definition) is 1. The molecule has 1 N–H and O–H groups in total. The lowest BCUT2D eigenvalue weighted by Crippen LogP contribution is -2.23. The summed E-state index contributed by atoms with van der Waals surface area (Å²) in [5.41, 5.74) is 0.824. The fraction of sp³-hybridized carbons (Fsp3) is 0.217. The normalized spacial score (nSPS) is 11.4. The van der Waals surface area contributed by atoms with E-state index in [1.807, 2.05) is 42.5 Å². The molecule has 0 radical (unpaired) electrons. The number of nitrogens with one attached hydrogen (secondary N) is 1. The maximum atomic E-state index is 12.4. The lowest BCUT2D eigenvalue weighted by Gasteiger charge is -2.13. The van der Waals surface area contributed by atoms with Crippen LogP contribution in [0.25, 0.3) is 16.8 Å². The van der Waals surface area contributed by atoms with Gasteiger partial charge in [-0.15, -0.1) is 0 Å². The molecule has 1 heterocycles. The van der Waals surface area contributed by atoms with Gasteiger partial charge in [0, 0.05) is 5.39 Å². The Bertz CT molecular complexity index is 1030. The van der Waals surface area contributed by atoms with E-state index in [-0.39, 0.29) is 12.1 Å². The maximum absolute atomic E-state index is 12.4. The van der Waals surface area contributed by atoms with E-state index in [4.69, 9.17) is 9.15 Å². The molecule has 3 rings (SSSR count). The zero-order valence-corrected chi connectivity index (χ0v) is 15.9. The average Bonchev–Trinajstić information content (AvgIpc) is 3.22. The largest absolute Gasteiger partial charge is 0.493 e. The third-order valence-corrected chi connectivity index (χ3v) is 4.16. The molecule has 0 fully saturated rings. The molecular weight excluding hydrogens is 352 g/mol. The Labute approximate surface area is 164 Å². The van der Waals surface area contributed by atoms with Crippen molar-refractivity contribution < 1.29 is 13.9 Å². The number of nitrogens with zero attached hydrogens (tertiary/aromatic N) is 1. The molecule has 5 nitrogen and oxygen atoms in total. The number of carbonyl (C=O) groups is 1. The minimum absolute atomic E-state index is 0.0348. The predicted molar refractivity (Wildman–Crippen MR) is 108 cm³/mol. The molecule has 0 aliphatic rings. The van der Waals surface area contributed by atoms with E-state index in [2.05, 4.69) is 19.2 Å². The molecule has 0 aliphatic carbocycles. The highest BCUT2D eigenvalue weighted by molar-refractivity contribution is 6.04. The molecule has 2 aromatic carbocycles. The molecule has 142 valence electrons. The van der Waals surface area contributed by atoms with Gasteiger partial charge < -0.3 is 14.5 Å². The first kappa shape index (κ1) is 19.2. The van der Waals surface area contributed by atoms with Gasteiger partial charge in [-0.1, -0.05) is 44.2 Å². The first-order valence-electron chi connectivity index (χ1n) is 9.15. The zero-order valence-electron chi connectivity index (χ0n) is 15.9. The molecule has 3 aromatic rings. The van der Waals surface area contributed by atoms with Gasteiger partial charge in [0.05, 0.1) is 19.4 Å². The first-order valence-corrected chi connectivity index (χ1v) is 9.15. The lowest BCUT2D eigenvalue weighted by molar-refractivity contribution is -0.117. The van der Waals surface area contributed by atoms with E-state index >= 15 is 0 Å². The van der Waals surface area contributed by atoms with E-state index in [0.717, 1.165) is 22.1 Å². The first-order chi connectivity index (χ1) is 13.6. The van der Waals surface area contributed by atoms with Gasteiger partial charge >= 0.3 is 0 Å². The summed E-state index contributed by atoms with van der Waals surface area (Å²) in [4.78, 5) is 12.4. The Balaban J connectivity index is 1.88. The maximum Gasteiger partial charge on any atom is 0.262 e. The molecule has 1 aromatic heterocycles. The van der Waals surface area contributed by atoms with E-state index in [1.165, 1.54) is 6.26 Å².